The second-order valence-electron chi connectivity index (χ2n) is 4.68. The highest BCUT2D eigenvalue weighted by molar-refractivity contribution is 8.01. The fraction of sp³-hybridized carbons (Fsp3) is 0.333. The number of aliphatic hydroxyl groups excluding tert-OH is 1. The molecule has 0 unspecified atom stereocenters. The number of aromatic nitrogens is 2. The van der Waals surface area contributed by atoms with Gasteiger partial charge >= 0.3 is 0 Å². The Morgan fingerprint density at radius 2 is 1.95 bits per heavy atom. The third kappa shape index (κ3) is 3.25. The Kier molecular flexibility index (Phi) is 3.72. The SMILES string of the molecule is O=S1(=O)C[C@@H](O)[C@@H](Sc2nnc(-c3ccc(F)cc3)o2)C1. The van der Waals surface area contributed by atoms with Crippen molar-refractivity contribution in [1.82, 2.24) is 10.2 Å². The number of aliphatic hydroxyl groups is 1. The number of benzene rings is 1. The monoisotopic (exact) mass is 330 g/mol. The maximum atomic E-state index is 12.8. The minimum atomic E-state index is -3.22. The van der Waals surface area contributed by atoms with Crippen LogP contribution in [-0.2, 0) is 9.84 Å². The fourth-order valence-electron chi connectivity index (χ4n) is 2.01. The Bertz CT molecular complexity index is 745. The highest BCUT2D eigenvalue weighted by atomic mass is 32.2. The van der Waals surface area contributed by atoms with Gasteiger partial charge in [-0.25, -0.2) is 12.8 Å². The van der Waals surface area contributed by atoms with Crippen molar-refractivity contribution in [2.24, 2.45) is 0 Å². The maximum Gasteiger partial charge on any atom is 0.277 e. The minimum Gasteiger partial charge on any atom is -0.411 e. The lowest BCUT2D eigenvalue weighted by Crippen LogP contribution is -2.19. The first kappa shape index (κ1) is 14.5. The molecule has 9 heteroatoms. The van der Waals surface area contributed by atoms with Gasteiger partial charge in [0.25, 0.3) is 5.22 Å². The van der Waals surface area contributed by atoms with Gasteiger partial charge in [0.2, 0.25) is 5.89 Å². The first-order chi connectivity index (χ1) is 9.93. The average Bonchev–Trinajstić information content (AvgIpc) is 2.96. The summed E-state index contributed by atoms with van der Waals surface area (Å²) in [4.78, 5) is 0. The molecule has 1 aliphatic rings. The van der Waals surface area contributed by atoms with Crippen molar-refractivity contribution >= 4 is 21.6 Å². The number of sulfone groups is 1. The topological polar surface area (TPSA) is 93.3 Å². The number of rotatable bonds is 3. The first-order valence-electron chi connectivity index (χ1n) is 6.07. The normalized spacial score (nSPS) is 24.3. The van der Waals surface area contributed by atoms with Gasteiger partial charge in [0.15, 0.2) is 9.84 Å². The van der Waals surface area contributed by atoms with Crippen molar-refractivity contribution in [2.45, 2.75) is 16.6 Å². The van der Waals surface area contributed by atoms with E-state index in [4.69, 9.17) is 4.42 Å². The van der Waals surface area contributed by atoms with E-state index in [2.05, 4.69) is 10.2 Å². The van der Waals surface area contributed by atoms with Gasteiger partial charge in [-0.15, -0.1) is 10.2 Å². The second-order valence-corrected chi connectivity index (χ2v) is 8.02. The molecule has 1 aliphatic heterocycles. The van der Waals surface area contributed by atoms with Crippen molar-refractivity contribution in [1.29, 1.82) is 0 Å². The van der Waals surface area contributed by atoms with Gasteiger partial charge < -0.3 is 9.52 Å². The van der Waals surface area contributed by atoms with Crippen molar-refractivity contribution in [3.05, 3.63) is 30.1 Å². The fourth-order valence-corrected chi connectivity index (χ4v) is 5.36. The van der Waals surface area contributed by atoms with Gasteiger partial charge in [-0.1, -0.05) is 11.8 Å². The molecule has 1 aromatic carbocycles. The van der Waals surface area contributed by atoms with Crippen LogP contribution in [0.25, 0.3) is 11.5 Å². The Labute approximate surface area is 124 Å². The summed E-state index contributed by atoms with van der Waals surface area (Å²) in [6.45, 7) is 0. The summed E-state index contributed by atoms with van der Waals surface area (Å²) in [5.74, 6) is -0.517. The third-order valence-corrected chi connectivity index (χ3v) is 6.10. The van der Waals surface area contributed by atoms with Gasteiger partial charge in [0.05, 0.1) is 22.9 Å². The molecular formula is C12H11FN2O4S2. The number of hydrogen-bond acceptors (Lipinski definition) is 7. The Hall–Kier alpha value is -1.45. The van der Waals surface area contributed by atoms with Crippen molar-refractivity contribution < 1.29 is 22.3 Å². The molecule has 3 rings (SSSR count). The molecule has 112 valence electrons. The quantitative estimate of drug-likeness (QED) is 0.901. The highest BCUT2D eigenvalue weighted by Crippen LogP contribution is 2.32. The minimum absolute atomic E-state index is 0.118. The van der Waals surface area contributed by atoms with Gasteiger partial charge in [-0.3, -0.25) is 0 Å². The van der Waals surface area contributed by atoms with Crippen LogP contribution in [0.5, 0.6) is 0 Å². The van der Waals surface area contributed by atoms with Crippen molar-refractivity contribution in [2.75, 3.05) is 11.5 Å². The summed E-state index contributed by atoms with van der Waals surface area (Å²) in [5, 5.41) is 17.0. The zero-order valence-electron chi connectivity index (χ0n) is 10.6. The third-order valence-electron chi connectivity index (χ3n) is 3.02. The summed E-state index contributed by atoms with van der Waals surface area (Å²) >= 11 is 1.04. The first-order valence-corrected chi connectivity index (χ1v) is 8.78. The zero-order chi connectivity index (χ0) is 15.0. The highest BCUT2D eigenvalue weighted by Gasteiger charge is 2.38. The van der Waals surface area contributed by atoms with Crippen LogP contribution < -0.4 is 0 Å². The Morgan fingerprint density at radius 3 is 2.57 bits per heavy atom. The Balaban J connectivity index is 1.75. The van der Waals surface area contributed by atoms with Crippen LogP contribution in [0.2, 0.25) is 0 Å². The molecule has 1 N–H and O–H groups in total. The summed E-state index contributed by atoms with van der Waals surface area (Å²) in [7, 11) is -3.22. The van der Waals surface area contributed by atoms with Crippen molar-refractivity contribution in [3.8, 4) is 11.5 Å². The lowest BCUT2D eigenvalue weighted by molar-refractivity contribution is 0.207. The predicted molar refractivity (Wildman–Crippen MR) is 74.0 cm³/mol. The van der Waals surface area contributed by atoms with Crippen LogP contribution in [0.3, 0.4) is 0 Å². The lowest BCUT2D eigenvalue weighted by Gasteiger charge is -2.07. The van der Waals surface area contributed by atoms with E-state index >= 15 is 0 Å². The molecule has 1 saturated heterocycles. The van der Waals surface area contributed by atoms with Crippen LogP contribution in [0.15, 0.2) is 33.9 Å². The van der Waals surface area contributed by atoms with E-state index in [0.717, 1.165) is 11.8 Å². The molecule has 0 spiro atoms. The van der Waals surface area contributed by atoms with Crippen LogP contribution in [0.4, 0.5) is 4.39 Å². The Morgan fingerprint density at radius 1 is 1.24 bits per heavy atom. The smallest absolute Gasteiger partial charge is 0.277 e. The maximum absolute atomic E-state index is 12.8. The van der Waals surface area contributed by atoms with Crippen LogP contribution in [-0.4, -0.2) is 46.6 Å². The number of nitrogens with zero attached hydrogens (tertiary/aromatic N) is 2. The van der Waals surface area contributed by atoms with E-state index in [1.165, 1.54) is 24.3 Å². The number of halogens is 1. The summed E-state index contributed by atoms with van der Waals surface area (Å²) in [5.41, 5.74) is 0.565. The molecule has 2 heterocycles. The molecule has 21 heavy (non-hydrogen) atoms. The zero-order valence-corrected chi connectivity index (χ0v) is 12.3. The van der Waals surface area contributed by atoms with Gasteiger partial charge in [-0.05, 0) is 24.3 Å². The van der Waals surface area contributed by atoms with E-state index in [1.807, 2.05) is 0 Å². The molecule has 0 aliphatic carbocycles. The van der Waals surface area contributed by atoms with Gasteiger partial charge in [-0.2, -0.15) is 0 Å². The van der Waals surface area contributed by atoms with E-state index in [9.17, 15) is 17.9 Å². The van der Waals surface area contributed by atoms with Crippen molar-refractivity contribution in [3.63, 3.8) is 0 Å². The molecule has 0 bridgehead atoms. The number of hydrogen-bond donors (Lipinski definition) is 1. The molecule has 0 saturated carbocycles. The molecule has 0 radical (unpaired) electrons. The molecular weight excluding hydrogens is 319 g/mol. The molecule has 2 atom stereocenters. The van der Waals surface area contributed by atoms with Gasteiger partial charge in [0, 0.05) is 5.56 Å². The van der Waals surface area contributed by atoms with Crippen LogP contribution in [0, 0.1) is 5.82 Å². The van der Waals surface area contributed by atoms with E-state index in [0.29, 0.717) is 5.56 Å². The van der Waals surface area contributed by atoms with Crippen LogP contribution >= 0.6 is 11.8 Å². The van der Waals surface area contributed by atoms with E-state index < -0.39 is 21.2 Å². The molecule has 0 amide bonds. The summed E-state index contributed by atoms with van der Waals surface area (Å²) < 4.78 is 41.1. The summed E-state index contributed by atoms with van der Waals surface area (Å²) in [6, 6.07) is 5.57. The van der Waals surface area contributed by atoms with Gasteiger partial charge in [0.1, 0.15) is 5.82 Å². The molecule has 1 aromatic heterocycles. The summed E-state index contributed by atoms with van der Waals surface area (Å²) in [6.07, 6.45) is -0.943. The number of thioether (sulfide) groups is 1. The second kappa shape index (κ2) is 5.39. The van der Waals surface area contributed by atoms with E-state index in [1.54, 1.807) is 0 Å². The largest absolute Gasteiger partial charge is 0.411 e. The predicted octanol–water partition coefficient (Wildman–Crippen LogP) is 1.13. The van der Waals surface area contributed by atoms with E-state index in [-0.39, 0.29) is 28.4 Å². The molecule has 2 aromatic rings. The lowest BCUT2D eigenvalue weighted by atomic mass is 10.2. The molecule has 6 nitrogen and oxygen atoms in total. The average molecular weight is 330 g/mol. The molecule has 1 fully saturated rings. The van der Waals surface area contributed by atoms with Crippen LogP contribution in [0.1, 0.15) is 0 Å². The standard InChI is InChI=1S/C12H11FN2O4S2/c13-8-3-1-7(2-4-8)11-14-15-12(19-11)20-10-6-21(17,18)5-9(10)16/h1-4,9-10,16H,5-6H2/t9-,10+/m1/s1.